The zero-order chi connectivity index (χ0) is 13.2. The van der Waals surface area contributed by atoms with Gasteiger partial charge in [0.05, 0.1) is 6.61 Å². The zero-order valence-corrected chi connectivity index (χ0v) is 12.0. The largest absolute Gasteiger partial charge is 0.493 e. The first-order valence-corrected chi connectivity index (χ1v) is 6.99. The number of benzene rings is 1. The highest BCUT2D eigenvalue weighted by Crippen LogP contribution is 2.58. The van der Waals surface area contributed by atoms with Crippen molar-refractivity contribution in [3.05, 3.63) is 29.8 Å². The van der Waals surface area contributed by atoms with Crippen LogP contribution in [-0.2, 0) is 0 Å². The van der Waals surface area contributed by atoms with E-state index in [1.54, 1.807) is 0 Å². The number of hydrogen-bond donors (Lipinski definition) is 1. The predicted octanol–water partition coefficient (Wildman–Crippen LogP) is 3.78. The Kier molecular flexibility index (Phi) is 3.96. The van der Waals surface area contributed by atoms with Gasteiger partial charge in [-0.1, -0.05) is 39.0 Å². The van der Waals surface area contributed by atoms with Crippen molar-refractivity contribution in [3.8, 4) is 5.75 Å². The topological polar surface area (TPSA) is 21.3 Å². The second-order valence-electron chi connectivity index (χ2n) is 5.95. The summed E-state index contributed by atoms with van der Waals surface area (Å²) in [4.78, 5) is 0. The summed E-state index contributed by atoms with van der Waals surface area (Å²) in [6.45, 7) is 7.62. The first-order chi connectivity index (χ1) is 8.60. The zero-order valence-electron chi connectivity index (χ0n) is 12.0. The van der Waals surface area contributed by atoms with Gasteiger partial charge in [0.25, 0.3) is 0 Å². The molecule has 0 radical (unpaired) electrons. The molecule has 1 fully saturated rings. The molecule has 18 heavy (non-hydrogen) atoms. The van der Waals surface area contributed by atoms with Gasteiger partial charge in [0.1, 0.15) is 5.75 Å². The summed E-state index contributed by atoms with van der Waals surface area (Å²) in [5, 5.41) is 3.47. The molecule has 1 aliphatic carbocycles. The second-order valence-corrected chi connectivity index (χ2v) is 5.95. The number of rotatable bonds is 6. The summed E-state index contributed by atoms with van der Waals surface area (Å²) in [7, 11) is 2.05. The summed E-state index contributed by atoms with van der Waals surface area (Å²) < 4.78 is 5.88. The van der Waals surface area contributed by atoms with E-state index in [-0.39, 0.29) is 0 Å². The summed E-state index contributed by atoms with van der Waals surface area (Å²) in [5.41, 5.74) is 1.77. The van der Waals surface area contributed by atoms with Crippen LogP contribution < -0.4 is 10.1 Å². The van der Waals surface area contributed by atoms with Gasteiger partial charge in [0.2, 0.25) is 0 Å². The molecule has 2 nitrogen and oxygen atoms in total. The lowest BCUT2D eigenvalue weighted by atomic mass is 9.96. The van der Waals surface area contributed by atoms with Crippen LogP contribution in [0, 0.1) is 11.3 Å². The van der Waals surface area contributed by atoms with Crippen LogP contribution in [0.3, 0.4) is 0 Å². The van der Waals surface area contributed by atoms with E-state index in [9.17, 15) is 0 Å². The van der Waals surface area contributed by atoms with Crippen LogP contribution in [0.4, 0.5) is 0 Å². The first kappa shape index (κ1) is 13.4. The average molecular weight is 247 g/mol. The SMILES string of the molecule is CCCOc1ccccc1C(NC)C1CC1(C)C. The summed E-state index contributed by atoms with van der Waals surface area (Å²) in [6, 6.07) is 8.85. The van der Waals surface area contributed by atoms with Crippen molar-refractivity contribution in [2.75, 3.05) is 13.7 Å². The van der Waals surface area contributed by atoms with Gasteiger partial charge in [-0.15, -0.1) is 0 Å². The molecule has 0 amide bonds. The smallest absolute Gasteiger partial charge is 0.124 e. The van der Waals surface area contributed by atoms with Gasteiger partial charge < -0.3 is 10.1 Å². The van der Waals surface area contributed by atoms with Crippen molar-refractivity contribution in [2.24, 2.45) is 11.3 Å². The highest BCUT2D eigenvalue weighted by Gasteiger charge is 2.50. The van der Waals surface area contributed by atoms with E-state index in [4.69, 9.17) is 4.74 Å². The maximum atomic E-state index is 5.88. The van der Waals surface area contributed by atoms with Gasteiger partial charge in [-0.25, -0.2) is 0 Å². The number of hydrogen-bond acceptors (Lipinski definition) is 2. The number of para-hydroxylation sites is 1. The Hall–Kier alpha value is -1.02. The minimum atomic E-state index is 0.410. The van der Waals surface area contributed by atoms with Gasteiger partial charge in [-0.3, -0.25) is 0 Å². The molecule has 1 aromatic rings. The maximum absolute atomic E-state index is 5.88. The molecular weight excluding hydrogens is 222 g/mol. The predicted molar refractivity (Wildman–Crippen MR) is 75.9 cm³/mol. The van der Waals surface area contributed by atoms with E-state index >= 15 is 0 Å². The lowest BCUT2D eigenvalue weighted by Crippen LogP contribution is -2.21. The molecule has 2 atom stereocenters. The molecule has 0 bridgehead atoms. The van der Waals surface area contributed by atoms with Crippen LogP contribution in [0.2, 0.25) is 0 Å². The summed E-state index contributed by atoms with van der Waals surface area (Å²) in [6.07, 6.45) is 2.34. The molecule has 1 aromatic carbocycles. The van der Waals surface area contributed by atoms with E-state index < -0.39 is 0 Å². The van der Waals surface area contributed by atoms with Crippen LogP contribution in [0.5, 0.6) is 5.75 Å². The highest BCUT2D eigenvalue weighted by molar-refractivity contribution is 5.37. The van der Waals surface area contributed by atoms with E-state index in [1.807, 2.05) is 0 Å². The van der Waals surface area contributed by atoms with Crippen molar-refractivity contribution < 1.29 is 4.74 Å². The van der Waals surface area contributed by atoms with Gasteiger partial charge >= 0.3 is 0 Å². The Bertz CT molecular complexity index is 400. The molecule has 0 aromatic heterocycles. The lowest BCUT2D eigenvalue weighted by Gasteiger charge is -2.21. The van der Waals surface area contributed by atoms with Crippen LogP contribution in [0.1, 0.15) is 45.2 Å². The van der Waals surface area contributed by atoms with E-state index in [2.05, 4.69) is 57.4 Å². The first-order valence-electron chi connectivity index (χ1n) is 6.99. The molecule has 2 rings (SSSR count). The molecule has 0 aliphatic heterocycles. The third kappa shape index (κ3) is 2.69. The Morgan fingerprint density at radius 3 is 2.61 bits per heavy atom. The van der Waals surface area contributed by atoms with E-state index in [0.29, 0.717) is 17.4 Å². The van der Waals surface area contributed by atoms with Gasteiger partial charge in [0.15, 0.2) is 0 Å². The minimum Gasteiger partial charge on any atom is -0.493 e. The molecule has 100 valence electrons. The molecular formula is C16H25NO. The van der Waals surface area contributed by atoms with Crippen molar-refractivity contribution in [1.29, 1.82) is 0 Å². The molecule has 1 aliphatic rings. The van der Waals surface area contributed by atoms with Crippen LogP contribution in [0.25, 0.3) is 0 Å². The monoisotopic (exact) mass is 247 g/mol. The Labute approximate surface area is 111 Å². The Balaban J connectivity index is 2.20. The Morgan fingerprint density at radius 2 is 2.06 bits per heavy atom. The average Bonchev–Trinajstić information content (AvgIpc) is 2.98. The van der Waals surface area contributed by atoms with Crippen molar-refractivity contribution in [2.45, 2.75) is 39.7 Å². The number of nitrogens with one attached hydrogen (secondary N) is 1. The fourth-order valence-electron chi connectivity index (χ4n) is 2.73. The maximum Gasteiger partial charge on any atom is 0.124 e. The standard InChI is InChI=1S/C16H25NO/c1-5-10-18-14-9-7-6-8-12(14)15(17-4)13-11-16(13,2)3/h6-9,13,15,17H,5,10-11H2,1-4H3. The molecule has 0 saturated heterocycles. The normalized spacial score (nSPS) is 22.6. The molecule has 0 spiro atoms. The van der Waals surface area contributed by atoms with Crippen LogP contribution in [-0.4, -0.2) is 13.7 Å². The summed E-state index contributed by atoms with van der Waals surface area (Å²) >= 11 is 0. The van der Waals surface area contributed by atoms with E-state index in [1.165, 1.54) is 12.0 Å². The van der Waals surface area contributed by atoms with Crippen molar-refractivity contribution >= 4 is 0 Å². The molecule has 2 heteroatoms. The molecule has 0 heterocycles. The number of ether oxygens (including phenoxy) is 1. The van der Waals surface area contributed by atoms with Crippen LogP contribution in [0.15, 0.2) is 24.3 Å². The van der Waals surface area contributed by atoms with E-state index in [0.717, 1.165) is 18.8 Å². The minimum absolute atomic E-state index is 0.410. The molecule has 2 unspecified atom stereocenters. The third-order valence-corrected chi connectivity index (χ3v) is 4.02. The fourth-order valence-corrected chi connectivity index (χ4v) is 2.73. The van der Waals surface area contributed by atoms with Gasteiger partial charge in [0, 0.05) is 11.6 Å². The van der Waals surface area contributed by atoms with Gasteiger partial charge in [-0.2, -0.15) is 0 Å². The molecule has 1 saturated carbocycles. The fraction of sp³-hybridized carbons (Fsp3) is 0.625. The van der Waals surface area contributed by atoms with Crippen molar-refractivity contribution in [1.82, 2.24) is 5.32 Å². The van der Waals surface area contributed by atoms with Crippen molar-refractivity contribution in [3.63, 3.8) is 0 Å². The van der Waals surface area contributed by atoms with Gasteiger partial charge in [-0.05, 0) is 37.3 Å². The van der Waals surface area contributed by atoms with Crippen LogP contribution >= 0.6 is 0 Å². The second kappa shape index (κ2) is 5.31. The lowest BCUT2D eigenvalue weighted by molar-refractivity contribution is 0.306. The highest BCUT2D eigenvalue weighted by atomic mass is 16.5. The Morgan fingerprint density at radius 1 is 1.39 bits per heavy atom. The molecule has 1 N–H and O–H groups in total. The quantitative estimate of drug-likeness (QED) is 0.826. The summed E-state index contributed by atoms with van der Waals surface area (Å²) in [5.74, 6) is 1.76. The third-order valence-electron chi connectivity index (χ3n) is 4.02.